The molecule has 130 valence electrons. The minimum atomic E-state index is 1.03. The third-order valence-corrected chi connectivity index (χ3v) is 5.91. The molecular weight excluding hydrogens is 340 g/mol. The Balaban J connectivity index is 1.41. The highest BCUT2D eigenvalue weighted by molar-refractivity contribution is 7.20. The predicted molar refractivity (Wildman–Crippen MR) is 109 cm³/mol. The zero-order valence-corrected chi connectivity index (χ0v) is 15.2. The first-order valence-electron chi connectivity index (χ1n) is 8.97. The Bertz CT molecular complexity index is 980. The highest BCUT2D eigenvalue weighted by atomic mass is 32.1. The van der Waals surface area contributed by atoms with Crippen LogP contribution in [0.4, 0.5) is 5.69 Å². The number of nitrogens with zero attached hydrogens (tertiary/aromatic N) is 3. The van der Waals surface area contributed by atoms with Crippen molar-refractivity contribution >= 4 is 22.0 Å². The topological polar surface area (TPSA) is 32.6 Å². The fraction of sp³-hybridized carbons (Fsp3) is 0.190. The molecule has 4 aromatic rings. The van der Waals surface area contributed by atoms with Crippen molar-refractivity contribution in [2.45, 2.75) is 0 Å². The minimum Gasteiger partial charge on any atom is -0.369 e. The van der Waals surface area contributed by atoms with Crippen molar-refractivity contribution in [2.75, 3.05) is 31.1 Å². The molecule has 0 unspecified atom stereocenters. The summed E-state index contributed by atoms with van der Waals surface area (Å²) in [6.45, 7) is 4.26. The summed E-state index contributed by atoms with van der Waals surface area (Å²) in [6.07, 6.45) is 4.29. The van der Waals surface area contributed by atoms with Crippen molar-refractivity contribution in [1.82, 2.24) is 14.7 Å². The smallest absolute Gasteiger partial charge is 0.194 e. The van der Waals surface area contributed by atoms with Crippen LogP contribution in [0.3, 0.4) is 0 Å². The number of imidazole rings is 1. The van der Waals surface area contributed by atoms with Crippen LogP contribution in [0.5, 0.6) is 0 Å². The van der Waals surface area contributed by atoms with Gasteiger partial charge in [0, 0.05) is 49.8 Å². The second-order valence-corrected chi connectivity index (χ2v) is 7.57. The van der Waals surface area contributed by atoms with Gasteiger partial charge in [-0.05, 0) is 17.7 Å². The molecule has 0 aliphatic carbocycles. The van der Waals surface area contributed by atoms with E-state index in [0.717, 1.165) is 36.8 Å². The van der Waals surface area contributed by atoms with E-state index < -0.39 is 0 Å². The van der Waals surface area contributed by atoms with Crippen LogP contribution in [0, 0.1) is 0 Å². The maximum Gasteiger partial charge on any atom is 0.194 e. The SMILES string of the molecule is c1ccc(-c2cn3cc(-c4ccc(N5CCNCC5)cc4)nc3s2)cc1. The molecule has 1 N–H and O–H groups in total. The van der Waals surface area contributed by atoms with E-state index in [0.29, 0.717) is 0 Å². The van der Waals surface area contributed by atoms with E-state index in [1.165, 1.54) is 21.7 Å². The zero-order chi connectivity index (χ0) is 17.3. The maximum atomic E-state index is 4.83. The van der Waals surface area contributed by atoms with Crippen LogP contribution in [0.1, 0.15) is 0 Å². The molecule has 0 bridgehead atoms. The molecule has 4 nitrogen and oxygen atoms in total. The molecule has 2 aromatic carbocycles. The molecule has 1 saturated heterocycles. The monoisotopic (exact) mass is 360 g/mol. The van der Waals surface area contributed by atoms with E-state index >= 15 is 0 Å². The van der Waals surface area contributed by atoms with Crippen molar-refractivity contribution in [3.8, 4) is 21.7 Å². The Morgan fingerprint density at radius 3 is 2.35 bits per heavy atom. The molecule has 0 saturated carbocycles. The molecule has 5 rings (SSSR count). The first-order chi connectivity index (χ1) is 12.9. The normalized spacial score (nSPS) is 14.8. The second-order valence-electron chi connectivity index (χ2n) is 6.56. The number of fused-ring (bicyclic) bond motifs is 1. The number of piperazine rings is 1. The minimum absolute atomic E-state index is 1.03. The number of hydrogen-bond acceptors (Lipinski definition) is 4. The summed E-state index contributed by atoms with van der Waals surface area (Å²) in [5, 5.41) is 3.40. The van der Waals surface area contributed by atoms with Gasteiger partial charge in [0.1, 0.15) is 0 Å². The van der Waals surface area contributed by atoms with Gasteiger partial charge in [-0.3, -0.25) is 4.40 Å². The van der Waals surface area contributed by atoms with Crippen LogP contribution in [-0.2, 0) is 0 Å². The van der Waals surface area contributed by atoms with Crippen LogP contribution in [0.2, 0.25) is 0 Å². The van der Waals surface area contributed by atoms with Crippen LogP contribution in [0.25, 0.3) is 26.7 Å². The van der Waals surface area contributed by atoms with Gasteiger partial charge in [-0.15, -0.1) is 0 Å². The summed E-state index contributed by atoms with van der Waals surface area (Å²) in [5.74, 6) is 0. The molecule has 0 spiro atoms. The van der Waals surface area contributed by atoms with E-state index in [1.54, 1.807) is 11.3 Å². The van der Waals surface area contributed by atoms with E-state index in [-0.39, 0.29) is 0 Å². The number of aromatic nitrogens is 2. The summed E-state index contributed by atoms with van der Waals surface area (Å²) >= 11 is 1.73. The molecule has 3 heterocycles. The van der Waals surface area contributed by atoms with Crippen molar-refractivity contribution in [1.29, 1.82) is 0 Å². The lowest BCUT2D eigenvalue weighted by molar-refractivity contribution is 0.589. The lowest BCUT2D eigenvalue weighted by Gasteiger charge is -2.29. The second kappa shape index (κ2) is 6.59. The lowest BCUT2D eigenvalue weighted by Crippen LogP contribution is -2.43. The van der Waals surface area contributed by atoms with Crippen LogP contribution < -0.4 is 10.2 Å². The highest BCUT2D eigenvalue weighted by Crippen LogP contribution is 2.31. The third kappa shape index (κ3) is 2.89. The molecule has 1 aliphatic heterocycles. The Morgan fingerprint density at radius 1 is 0.846 bits per heavy atom. The van der Waals surface area contributed by atoms with Gasteiger partial charge in [-0.25, -0.2) is 4.98 Å². The fourth-order valence-electron chi connectivity index (χ4n) is 3.44. The Kier molecular flexibility index (Phi) is 3.96. The van der Waals surface area contributed by atoms with Gasteiger partial charge < -0.3 is 10.2 Å². The molecule has 2 aromatic heterocycles. The number of rotatable bonds is 3. The van der Waals surface area contributed by atoms with Gasteiger partial charge in [-0.2, -0.15) is 0 Å². The average Bonchev–Trinajstić information content (AvgIpc) is 3.29. The summed E-state index contributed by atoms with van der Waals surface area (Å²) in [7, 11) is 0. The Hall–Kier alpha value is -2.63. The number of hydrogen-bond donors (Lipinski definition) is 1. The first kappa shape index (κ1) is 15.6. The molecular formula is C21H20N4S. The standard InChI is InChI=1S/C21H20N4S/c1-2-4-17(5-3-1)20-15-25-14-19(23-21(25)26-20)16-6-8-18(9-7-16)24-12-10-22-11-13-24/h1-9,14-15,22H,10-13H2. The number of anilines is 1. The molecule has 0 atom stereocenters. The van der Waals surface area contributed by atoms with Crippen molar-refractivity contribution in [2.24, 2.45) is 0 Å². The molecule has 5 heteroatoms. The van der Waals surface area contributed by atoms with Crippen molar-refractivity contribution < 1.29 is 0 Å². The van der Waals surface area contributed by atoms with Crippen molar-refractivity contribution in [3.63, 3.8) is 0 Å². The summed E-state index contributed by atoms with van der Waals surface area (Å²) in [4.78, 5) is 9.53. The van der Waals surface area contributed by atoms with Gasteiger partial charge in [0.2, 0.25) is 0 Å². The highest BCUT2D eigenvalue weighted by Gasteiger charge is 2.12. The van der Waals surface area contributed by atoms with Crippen LogP contribution in [0.15, 0.2) is 67.0 Å². The number of thiazole rings is 1. The number of benzene rings is 2. The summed E-state index contributed by atoms with van der Waals surface area (Å²) in [5.41, 5.74) is 4.73. The molecule has 0 radical (unpaired) electrons. The third-order valence-electron chi connectivity index (χ3n) is 4.86. The summed E-state index contributed by atoms with van der Waals surface area (Å²) in [6, 6.07) is 19.3. The average molecular weight is 360 g/mol. The quantitative estimate of drug-likeness (QED) is 0.596. The first-order valence-corrected chi connectivity index (χ1v) is 9.78. The molecule has 1 fully saturated rings. The molecule has 0 amide bonds. The molecule has 26 heavy (non-hydrogen) atoms. The Morgan fingerprint density at radius 2 is 1.62 bits per heavy atom. The maximum absolute atomic E-state index is 4.83. The fourth-order valence-corrected chi connectivity index (χ4v) is 4.41. The Labute approximate surface area is 156 Å². The van der Waals surface area contributed by atoms with Gasteiger partial charge >= 0.3 is 0 Å². The zero-order valence-electron chi connectivity index (χ0n) is 14.4. The lowest BCUT2D eigenvalue weighted by atomic mass is 10.1. The van der Waals surface area contributed by atoms with Gasteiger partial charge in [0.25, 0.3) is 0 Å². The predicted octanol–water partition coefficient (Wildman–Crippen LogP) is 4.14. The van der Waals surface area contributed by atoms with Crippen LogP contribution in [-0.4, -0.2) is 35.6 Å². The van der Waals surface area contributed by atoms with Crippen LogP contribution >= 0.6 is 11.3 Å². The largest absolute Gasteiger partial charge is 0.369 e. The van der Waals surface area contributed by atoms with Gasteiger partial charge in [-0.1, -0.05) is 53.8 Å². The summed E-state index contributed by atoms with van der Waals surface area (Å²) < 4.78 is 2.13. The van der Waals surface area contributed by atoms with Gasteiger partial charge in [0.05, 0.1) is 10.6 Å². The van der Waals surface area contributed by atoms with E-state index in [9.17, 15) is 0 Å². The number of nitrogens with one attached hydrogen (secondary N) is 1. The molecule has 1 aliphatic rings. The van der Waals surface area contributed by atoms with Gasteiger partial charge in [0.15, 0.2) is 4.96 Å². The van der Waals surface area contributed by atoms with Crippen molar-refractivity contribution in [3.05, 3.63) is 67.0 Å². The van der Waals surface area contributed by atoms with E-state index in [2.05, 4.69) is 75.5 Å². The van der Waals surface area contributed by atoms with E-state index in [4.69, 9.17) is 4.98 Å². The van der Waals surface area contributed by atoms with E-state index in [1.807, 2.05) is 6.07 Å².